The van der Waals surface area contributed by atoms with Crippen LogP contribution >= 0.6 is 0 Å². The number of piperazine rings is 1. The quantitative estimate of drug-likeness (QED) is 0.437. The van der Waals surface area contributed by atoms with Crippen molar-refractivity contribution in [2.24, 2.45) is 0 Å². The third-order valence-electron chi connectivity index (χ3n) is 10.1. The lowest BCUT2D eigenvalue weighted by atomic mass is 9.95. The maximum atomic E-state index is 16.7. The van der Waals surface area contributed by atoms with Crippen LogP contribution in [0, 0.1) is 18.6 Å². The molecule has 0 amide bonds. The normalized spacial score (nSPS) is 29.0. The largest absolute Gasteiger partial charge is 0.461 e. The Hall–Kier alpha value is -3.18. The number of pyridine rings is 1. The van der Waals surface area contributed by atoms with E-state index >= 15 is 8.78 Å². The van der Waals surface area contributed by atoms with Gasteiger partial charge in [-0.3, -0.25) is 4.90 Å². The molecule has 0 radical (unpaired) electrons. The molecule has 11 heteroatoms. The van der Waals surface area contributed by atoms with Gasteiger partial charge in [0.2, 0.25) is 0 Å². The van der Waals surface area contributed by atoms with Crippen molar-refractivity contribution in [1.29, 1.82) is 0 Å². The Kier molecular flexibility index (Phi) is 6.09. The first-order valence-corrected chi connectivity index (χ1v) is 15.3. The van der Waals surface area contributed by atoms with E-state index in [1.165, 1.54) is 6.07 Å². The van der Waals surface area contributed by atoms with E-state index in [1.807, 2.05) is 6.92 Å². The standard InChI is InChI=1S/C31H36F3N7O/c1-16-9-23(35)37-28(24(16)17-3-4-17)25-22(33)10-21-27(26(25)34)38-30(39-29(21)40-13-19-5-6-20(14-40)36-19)42-15-31-7-2-8-41(31)12-18(32)11-31/h9-10,17-20,36H,2-8,11-15H2,1H3,(H2,35,37)/t18-,19?,20?,31+/m1/s1. The number of alkyl halides is 1. The van der Waals surface area contributed by atoms with Gasteiger partial charge in [-0.25, -0.2) is 18.2 Å². The summed E-state index contributed by atoms with van der Waals surface area (Å²) < 4.78 is 53.4. The average Bonchev–Trinajstić information content (AvgIpc) is 3.51. The van der Waals surface area contributed by atoms with Crippen LogP contribution in [0.1, 0.15) is 62.0 Å². The third-order valence-corrected chi connectivity index (χ3v) is 10.1. The molecule has 1 saturated carbocycles. The fourth-order valence-corrected chi connectivity index (χ4v) is 8.09. The molecule has 1 aromatic carbocycles. The Bertz CT molecular complexity index is 1570. The van der Waals surface area contributed by atoms with E-state index in [1.54, 1.807) is 6.07 Å². The first-order chi connectivity index (χ1) is 20.3. The van der Waals surface area contributed by atoms with Crippen molar-refractivity contribution in [2.75, 3.05) is 43.4 Å². The van der Waals surface area contributed by atoms with Gasteiger partial charge in [-0.15, -0.1) is 0 Å². The topological polar surface area (TPSA) is 92.4 Å². The van der Waals surface area contributed by atoms with Crippen molar-refractivity contribution in [3.63, 3.8) is 0 Å². The molecule has 42 heavy (non-hydrogen) atoms. The number of fused-ring (bicyclic) bond motifs is 4. The summed E-state index contributed by atoms with van der Waals surface area (Å²) in [6, 6.07) is 3.71. The van der Waals surface area contributed by atoms with Gasteiger partial charge in [0.05, 0.1) is 16.8 Å². The number of hydrogen-bond donors (Lipinski definition) is 2. The van der Waals surface area contributed by atoms with Crippen molar-refractivity contribution in [2.45, 2.75) is 81.6 Å². The number of nitrogens with zero attached hydrogens (tertiary/aromatic N) is 5. The van der Waals surface area contributed by atoms with E-state index < -0.39 is 23.3 Å². The maximum absolute atomic E-state index is 16.7. The van der Waals surface area contributed by atoms with Crippen LogP contribution in [0.3, 0.4) is 0 Å². The van der Waals surface area contributed by atoms with Gasteiger partial charge in [-0.1, -0.05) is 0 Å². The minimum absolute atomic E-state index is 0.00327. The number of ether oxygens (including phenoxy) is 1. The number of aryl methyl sites for hydroxylation is 1. The van der Waals surface area contributed by atoms with Crippen molar-refractivity contribution >= 4 is 22.5 Å². The second kappa shape index (κ2) is 9.67. The molecule has 2 aromatic heterocycles. The summed E-state index contributed by atoms with van der Waals surface area (Å²) in [5.74, 6) is -0.610. The molecule has 6 heterocycles. The van der Waals surface area contributed by atoms with Gasteiger partial charge in [-0.2, -0.15) is 9.97 Å². The van der Waals surface area contributed by atoms with Crippen molar-refractivity contribution < 1.29 is 17.9 Å². The van der Waals surface area contributed by atoms with E-state index in [4.69, 9.17) is 15.5 Å². The van der Waals surface area contributed by atoms with Crippen LogP contribution in [-0.4, -0.2) is 76.4 Å². The zero-order valence-electron chi connectivity index (χ0n) is 23.8. The highest BCUT2D eigenvalue weighted by molar-refractivity contribution is 5.94. The summed E-state index contributed by atoms with van der Waals surface area (Å²) in [4.78, 5) is 18.0. The summed E-state index contributed by atoms with van der Waals surface area (Å²) >= 11 is 0. The highest BCUT2D eigenvalue weighted by atomic mass is 19.1. The molecule has 0 spiro atoms. The zero-order valence-corrected chi connectivity index (χ0v) is 23.8. The number of nitrogens with two attached hydrogens (primary N) is 1. The van der Waals surface area contributed by atoms with Gasteiger partial charge in [0, 0.05) is 43.5 Å². The first kappa shape index (κ1) is 26.4. The molecule has 8 nitrogen and oxygen atoms in total. The molecule has 5 aliphatic rings. The molecule has 5 fully saturated rings. The minimum Gasteiger partial charge on any atom is -0.461 e. The zero-order chi connectivity index (χ0) is 28.7. The fraction of sp³-hybridized carbons (Fsp3) is 0.581. The molecular weight excluding hydrogens is 543 g/mol. The molecule has 2 bridgehead atoms. The molecule has 4 saturated heterocycles. The predicted molar refractivity (Wildman–Crippen MR) is 155 cm³/mol. The smallest absolute Gasteiger partial charge is 0.319 e. The second-order valence-corrected chi connectivity index (χ2v) is 13.1. The highest BCUT2D eigenvalue weighted by Gasteiger charge is 2.49. The van der Waals surface area contributed by atoms with Crippen LogP contribution in [0.25, 0.3) is 22.2 Å². The van der Waals surface area contributed by atoms with Crippen molar-refractivity contribution in [3.8, 4) is 17.3 Å². The molecule has 4 aliphatic heterocycles. The summed E-state index contributed by atoms with van der Waals surface area (Å²) in [5.41, 5.74) is 7.43. The van der Waals surface area contributed by atoms with E-state index in [0.717, 1.165) is 56.2 Å². The molecule has 4 atom stereocenters. The Labute approximate surface area is 242 Å². The van der Waals surface area contributed by atoms with Gasteiger partial charge >= 0.3 is 6.01 Å². The average molecular weight is 580 g/mol. The van der Waals surface area contributed by atoms with Gasteiger partial charge in [0.1, 0.15) is 35.7 Å². The molecule has 1 aliphatic carbocycles. The highest BCUT2D eigenvalue weighted by Crippen LogP contribution is 2.48. The van der Waals surface area contributed by atoms with Crippen molar-refractivity contribution in [1.82, 2.24) is 25.2 Å². The lowest BCUT2D eigenvalue weighted by Crippen LogP contribution is -2.51. The van der Waals surface area contributed by atoms with E-state index in [0.29, 0.717) is 49.3 Å². The molecule has 3 N–H and O–H groups in total. The van der Waals surface area contributed by atoms with Crippen LogP contribution < -0.4 is 20.7 Å². The number of nitrogen functional groups attached to an aromatic ring is 1. The Morgan fingerprint density at radius 2 is 1.86 bits per heavy atom. The lowest BCUT2D eigenvalue weighted by molar-refractivity contribution is 0.107. The summed E-state index contributed by atoms with van der Waals surface area (Å²) in [7, 11) is 0. The lowest BCUT2D eigenvalue weighted by Gasteiger charge is -2.34. The van der Waals surface area contributed by atoms with Gasteiger partial charge in [-0.05, 0) is 81.2 Å². The monoisotopic (exact) mass is 579 g/mol. The minimum atomic E-state index is -0.892. The number of hydrogen-bond acceptors (Lipinski definition) is 8. The summed E-state index contributed by atoms with van der Waals surface area (Å²) in [6.07, 6.45) is 5.33. The van der Waals surface area contributed by atoms with Gasteiger partial charge in [0.15, 0.2) is 5.82 Å². The van der Waals surface area contributed by atoms with Crippen LogP contribution in [0.15, 0.2) is 12.1 Å². The predicted octanol–water partition coefficient (Wildman–Crippen LogP) is 4.63. The van der Waals surface area contributed by atoms with E-state index in [2.05, 4.69) is 25.1 Å². The number of nitrogens with one attached hydrogen (secondary N) is 1. The number of rotatable bonds is 6. The molecular formula is C31H36F3N7O. The third kappa shape index (κ3) is 4.30. The van der Waals surface area contributed by atoms with Crippen LogP contribution in [-0.2, 0) is 0 Å². The number of aromatic nitrogens is 3. The Morgan fingerprint density at radius 1 is 1.07 bits per heavy atom. The number of anilines is 2. The Balaban J connectivity index is 1.26. The second-order valence-electron chi connectivity index (χ2n) is 13.1. The van der Waals surface area contributed by atoms with Gasteiger partial charge < -0.3 is 20.7 Å². The van der Waals surface area contributed by atoms with Crippen molar-refractivity contribution in [3.05, 3.63) is 34.9 Å². The van der Waals surface area contributed by atoms with Crippen LogP contribution in [0.4, 0.5) is 24.8 Å². The van der Waals surface area contributed by atoms with Gasteiger partial charge in [0.25, 0.3) is 0 Å². The van der Waals surface area contributed by atoms with Crippen LogP contribution in [0.2, 0.25) is 0 Å². The number of halogens is 3. The maximum Gasteiger partial charge on any atom is 0.319 e. The van der Waals surface area contributed by atoms with E-state index in [-0.39, 0.29) is 41.1 Å². The van der Waals surface area contributed by atoms with Crippen LogP contribution in [0.5, 0.6) is 6.01 Å². The SMILES string of the molecule is Cc1cc(N)nc(-c2c(F)cc3c(N4CC5CCC(C4)N5)nc(OC[C@@]45CCCN4C[C@H](F)C5)nc3c2F)c1C1CC1. The summed E-state index contributed by atoms with van der Waals surface area (Å²) in [6.45, 7) is 4.73. The number of benzene rings is 1. The molecule has 3 aromatic rings. The Morgan fingerprint density at radius 3 is 2.62 bits per heavy atom. The molecule has 222 valence electrons. The first-order valence-electron chi connectivity index (χ1n) is 15.3. The molecule has 2 unspecified atom stereocenters. The summed E-state index contributed by atoms with van der Waals surface area (Å²) in [5, 5.41) is 3.91. The molecule has 8 rings (SSSR count). The van der Waals surface area contributed by atoms with E-state index in [9.17, 15) is 4.39 Å². The fourth-order valence-electron chi connectivity index (χ4n) is 8.09.